The van der Waals surface area contributed by atoms with Crippen LogP contribution in [0.5, 0.6) is 0 Å². The average molecular weight is 247 g/mol. The highest BCUT2D eigenvalue weighted by Gasteiger charge is 2.22. The van der Waals surface area contributed by atoms with Crippen molar-refractivity contribution < 1.29 is 4.39 Å². The van der Waals surface area contributed by atoms with Gasteiger partial charge in [0.25, 0.3) is 0 Å². The van der Waals surface area contributed by atoms with E-state index in [9.17, 15) is 4.39 Å². The minimum absolute atomic E-state index is 0.351. The Bertz CT molecular complexity index is 467. The molecule has 0 aromatic heterocycles. The summed E-state index contributed by atoms with van der Waals surface area (Å²) in [5.74, 6) is -0.363. The van der Waals surface area contributed by atoms with Crippen LogP contribution in [0, 0.1) is 17.1 Å². The third kappa shape index (κ3) is 2.99. The van der Waals surface area contributed by atoms with Crippen molar-refractivity contribution in [3.63, 3.8) is 0 Å². The number of anilines is 1. The zero-order valence-electron chi connectivity index (χ0n) is 10.8. The molecule has 18 heavy (non-hydrogen) atoms. The molecule has 2 atom stereocenters. The van der Waals surface area contributed by atoms with Crippen LogP contribution in [-0.4, -0.2) is 30.6 Å². The number of nitriles is 1. The van der Waals surface area contributed by atoms with Crippen molar-refractivity contribution in [2.75, 3.05) is 18.9 Å². The first-order valence-electron chi connectivity index (χ1n) is 6.26. The van der Waals surface area contributed by atoms with Gasteiger partial charge in [-0.3, -0.25) is 0 Å². The molecule has 0 spiro atoms. The predicted octanol–water partition coefficient (Wildman–Crippen LogP) is 2.59. The molecule has 0 aliphatic carbocycles. The molecular weight excluding hydrogens is 229 g/mol. The van der Waals surface area contributed by atoms with Crippen LogP contribution in [0.2, 0.25) is 0 Å². The third-order valence-corrected chi connectivity index (χ3v) is 3.61. The number of likely N-dealkylation sites (tertiary alicyclic amines) is 1. The van der Waals surface area contributed by atoms with E-state index in [1.54, 1.807) is 6.07 Å². The van der Waals surface area contributed by atoms with Gasteiger partial charge in [0.15, 0.2) is 0 Å². The summed E-state index contributed by atoms with van der Waals surface area (Å²) in [4.78, 5) is 2.32. The number of nitrogens with zero attached hydrogens (tertiary/aromatic N) is 2. The molecule has 3 nitrogen and oxygen atoms in total. The number of halogens is 1. The Kier molecular flexibility index (Phi) is 3.83. The second kappa shape index (κ2) is 5.36. The van der Waals surface area contributed by atoms with E-state index in [1.807, 2.05) is 6.07 Å². The second-order valence-corrected chi connectivity index (χ2v) is 5.04. The van der Waals surface area contributed by atoms with Crippen LogP contribution in [-0.2, 0) is 0 Å². The van der Waals surface area contributed by atoms with Gasteiger partial charge in [-0.1, -0.05) is 0 Å². The molecule has 1 saturated heterocycles. The quantitative estimate of drug-likeness (QED) is 0.873. The molecule has 2 rings (SSSR count). The van der Waals surface area contributed by atoms with Crippen LogP contribution in [0.4, 0.5) is 10.1 Å². The van der Waals surface area contributed by atoms with Crippen LogP contribution in [0.25, 0.3) is 0 Å². The lowest BCUT2D eigenvalue weighted by Crippen LogP contribution is -2.42. The maximum atomic E-state index is 13.3. The van der Waals surface area contributed by atoms with Crippen LogP contribution in [0.1, 0.15) is 25.3 Å². The highest BCUT2D eigenvalue weighted by Crippen LogP contribution is 2.21. The van der Waals surface area contributed by atoms with Crippen LogP contribution < -0.4 is 5.32 Å². The maximum absolute atomic E-state index is 13.3. The van der Waals surface area contributed by atoms with Gasteiger partial charge in [0.1, 0.15) is 5.82 Å². The lowest BCUT2D eigenvalue weighted by molar-refractivity contribution is 0.190. The molecule has 1 aliphatic rings. The summed E-state index contributed by atoms with van der Waals surface area (Å²) < 4.78 is 13.3. The Morgan fingerprint density at radius 1 is 1.44 bits per heavy atom. The Morgan fingerprint density at radius 2 is 2.22 bits per heavy atom. The standard InChI is InChI=1S/C14H18FN3/c1-10-5-13(3-4-18(10)2)17-14-7-11(9-16)6-12(15)8-14/h6-8,10,13,17H,3-5H2,1-2H3. The first kappa shape index (κ1) is 12.8. The zero-order valence-corrected chi connectivity index (χ0v) is 10.8. The number of benzene rings is 1. The molecule has 1 aromatic rings. The van der Waals surface area contributed by atoms with Crippen molar-refractivity contribution in [1.29, 1.82) is 5.26 Å². The topological polar surface area (TPSA) is 39.1 Å². The number of hydrogen-bond donors (Lipinski definition) is 1. The normalized spacial score (nSPS) is 24.6. The fraction of sp³-hybridized carbons (Fsp3) is 0.500. The number of rotatable bonds is 2. The van der Waals surface area contributed by atoms with E-state index in [2.05, 4.69) is 24.2 Å². The van der Waals surface area contributed by atoms with Gasteiger partial charge in [0, 0.05) is 24.3 Å². The van der Waals surface area contributed by atoms with Gasteiger partial charge in [-0.2, -0.15) is 5.26 Å². The largest absolute Gasteiger partial charge is 0.382 e. The molecule has 1 N–H and O–H groups in total. The van der Waals surface area contributed by atoms with E-state index >= 15 is 0 Å². The molecule has 1 heterocycles. The van der Waals surface area contributed by atoms with Crippen molar-refractivity contribution in [3.8, 4) is 6.07 Å². The summed E-state index contributed by atoms with van der Waals surface area (Å²) in [6.45, 7) is 3.24. The summed E-state index contributed by atoms with van der Waals surface area (Å²) in [7, 11) is 2.12. The molecule has 0 saturated carbocycles. The van der Waals surface area contributed by atoms with Crippen LogP contribution >= 0.6 is 0 Å². The van der Waals surface area contributed by atoms with Gasteiger partial charge in [0.05, 0.1) is 11.6 Å². The first-order chi connectivity index (χ1) is 8.58. The molecule has 96 valence electrons. The number of piperidine rings is 1. The van der Waals surface area contributed by atoms with Gasteiger partial charge in [-0.05, 0) is 45.0 Å². The highest BCUT2D eigenvalue weighted by atomic mass is 19.1. The van der Waals surface area contributed by atoms with E-state index in [0.29, 0.717) is 23.3 Å². The summed E-state index contributed by atoms with van der Waals surface area (Å²) in [5, 5.41) is 12.1. The number of hydrogen-bond acceptors (Lipinski definition) is 3. The van der Waals surface area contributed by atoms with Crippen LogP contribution in [0.15, 0.2) is 18.2 Å². The molecule has 1 aliphatic heterocycles. The van der Waals surface area contributed by atoms with Gasteiger partial charge in [0.2, 0.25) is 0 Å². The van der Waals surface area contributed by atoms with E-state index in [1.165, 1.54) is 12.1 Å². The molecule has 2 unspecified atom stereocenters. The molecule has 1 fully saturated rings. The molecule has 0 amide bonds. The van der Waals surface area contributed by atoms with Crippen molar-refractivity contribution in [1.82, 2.24) is 4.90 Å². The fourth-order valence-corrected chi connectivity index (χ4v) is 2.39. The van der Waals surface area contributed by atoms with Gasteiger partial charge in [-0.25, -0.2) is 4.39 Å². The summed E-state index contributed by atoms with van der Waals surface area (Å²) in [5.41, 5.74) is 1.06. The fourth-order valence-electron chi connectivity index (χ4n) is 2.39. The first-order valence-corrected chi connectivity index (χ1v) is 6.26. The molecule has 0 radical (unpaired) electrons. The average Bonchev–Trinajstić information content (AvgIpc) is 2.33. The molecule has 1 aromatic carbocycles. The van der Waals surface area contributed by atoms with E-state index in [-0.39, 0.29) is 5.82 Å². The van der Waals surface area contributed by atoms with Crippen molar-refractivity contribution in [2.24, 2.45) is 0 Å². The van der Waals surface area contributed by atoms with Crippen molar-refractivity contribution in [2.45, 2.75) is 31.8 Å². The molecule has 0 bridgehead atoms. The number of nitrogens with one attached hydrogen (secondary N) is 1. The monoisotopic (exact) mass is 247 g/mol. The van der Waals surface area contributed by atoms with Crippen molar-refractivity contribution >= 4 is 5.69 Å². The zero-order chi connectivity index (χ0) is 13.1. The lowest BCUT2D eigenvalue weighted by Gasteiger charge is -2.35. The minimum Gasteiger partial charge on any atom is -0.382 e. The molecular formula is C14H18FN3. The Hall–Kier alpha value is -1.60. The van der Waals surface area contributed by atoms with E-state index in [0.717, 1.165) is 19.4 Å². The summed E-state index contributed by atoms with van der Waals surface area (Å²) in [6, 6.07) is 7.25. The second-order valence-electron chi connectivity index (χ2n) is 5.04. The Morgan fingerprint density at radius 3 is 2.89 bits per heavy atom. The molecule has 4 heteroatoms. The minimum atomic E-state index is -0.363. The van der Waals surface area contributed by atoms with Gasteiger partial charge < -0.3 is 10.2 Å². The summed E-state index contributed by atoms with van der Waals surface area (Å²) >= 11 is 0. The van der Waals surface area contributed by atoms with E-state index < -0.39 is 0 Å². The Labute approximate surface area is 107 Å². The maximum Gasteiger partial charge on any atom is 0.126 e. The van der Waals surface area contributed by atoms with Crippen LogP contribution in [0.3, 0.4) is 0 Å². The lowest BCUT2D eigenvalue weighted by atomic mass is 9.98. The van der Waals surface area contributed by atoms with E-state index in [4.69, 9.17) is 5.26 Å². The van der Waals surface area contributed by atoms with Gasteiger partial charge >= 0.3 is 0 Å². The predicted molar refractivity (Wildman–Crippen MR) is 69.9 cm³/mol. The smallest absolute Gasteiger partial charge is 0.126 e. The summed E-state index contributed by atoms with van der Waals surface area (Å²) in [6.07, 6.45) is 2.08. The third-order valence-electron chi connectivity index (χ3n) is 3.61. The Balaban J connectivity index is 2.06. The van der Waals surface area contributed by atoms with Gasteiger partial charge in [-0.15, -0.1) is 0 Å². The highest BCUT2D eigenvalue weighted by molar-refractivity contribution is 5.50. The van der Waals surface area contributed by atoms with Crippen molar-refractivity contribution in [3.05, 3.63) is 29.6 Å². The SMILES string of the molecule is CC1CC(Nc2cc(F)cc(C#N)c2)CCN1C.